The minimum absolute atomic E-state index is 0.0656. The molecule has 0 bridgehead atoms. The smallest absolute Gasteiger partial charge is 0.327 e. The third-order valence-electron chi connectivity index (χ3n) is 3.38. The zero-order valence-corrected chi connectivity index (χ0v) is 15.6. The van der Waals surface area contributed by atoms with Crippen LogP contribution in [0.25, 0.3) is 0 Å². The lowest BCUT2D eigenvalue weighted by atomic mass is 10.2. The van der Waals surface area contributed by atoms with Crippen LogP contribution in [-0.4, -0.2) is 25.5 Å². The summed E-state index contributed by atoms with van der Waals surface area (Å²) in [7, 11) is -3.99. The predicted molar refractivity (Wildman–Crippen MR) is 97.1 cm³/mol. The number of carboxylic acids is 1. The molecule has 2 aromatic carbocycles. The van der Waals surface area contributed by atoms with E-state index in [1.165, 1.54) is 19.1 Å². The van der Waals surface area contributed by atoms with Crippen molar-refractivity contribution in [3.63, 3.8) is 0 Å². The fourth-order valence-electron chi connectivity index (χ4n) is 2.10. The van der Waals surface area contributed by atoms with E-state index in [-0.39, 0.29) is 4.90 Å². The highest BCUT2D eigenvalue weighted by atomic mass is 127. The lowest BCUT2D eigenvalue weighted by Crippen LogP contribution is -2.43. The standard InChI is InChI=1S/C16H16INO4S/c1-11-7-9-13(10-8-11)23(21,22)18(12(2)16(19)20)15-6-4-3-5-14(15)17/h3-10,12H,1-2H3,(H,19,20). The number of rotatable bonds is 5. The van der Waals surface area contributed by atoms with Crippen LogP contribution in [0.4, 0.5) is 5.69 Å². The minimum Gasteiger partial charge on any atom is -0.480 e. The summed E-state index contributed by atoms with van der Waals surface area (Å²) >= 11 is 2.00. The summed E-state index contributed by atoms with van der Waals surface area (Å²) in [5.74, 6) is -1.21. The number of nitrogens with zero attached hydrogens (tertiary/aromatic N) is 1. The minimum atomic E-state index is -3.99. The predicted octanol–water partition coefficient (Wildman–Crippen LogP) is 3.27. The Bertz CT molecular complexity index is 818. The Labute approximate surface area is 149 Å². The molecule has 0 aliphatic carbocycles. The maximum Gasteiger partial charge on any atom is 0.327 e. The Morgan fingerprint density at radius 1 is 1.13 bits per heavy atom. The summed E-state index contributed by atoms with van der Waals surface area (Å²) in [6.45, 7) is 3.21. The van der Waals surface area contributed by atoms with Gasteiger partial charge in [0.1, 0.15) is 6.04 Å². The molecule has 0 saturated heterocycles. The number of sulfonamides is 1. The number of aryl methyl sites for hydroxylation is 1. The van der Waals surface area contributed by atoms with Gasteiger partial charge in [-0.1, -0.05) is 29.8 Å². The van der Waals surface area contributed by atoms with Crippen LogP contribution in [0.5, 0.6) is 0 Å². The van der Waals surface area contributed by atoms with Crippen LogP contribution in [0.3, 0.4) is 0 Å². The van der Waals surface area contributed by atoms with Gasteiger partial charge in [0.15, 0.2) is 0 Å². The van der Waals surface area contributed by atoms with Gasteiger partial charge in [-0.3, -0.25) is 4.31 Å². The lowest BCUT2D eigenvalue weighted by Gasteiger charge is -2.28. The van der Waals surface area contributed by atoms with E-state index in [4.69, 9.17) is 0 Å². The van der Waals surface area contributed by atoms with Gasteiger partial charge in [-0.2, -0.15) is 0 Å². The molecule has 1 atom stereocenters. The first-order valence-corrected chi connectivity index (χ1v) is 9.35. The monoisotopic (exact) mass is 445 g/mol. The Hall–Kier alpha value is -1.61. The number of carboxylic acid groups (broad SMARTS) is 1. The summed E-state index contributed by atoms with van der Waals surface area (Å²) in [4.78, 5) is 11.5. The van der Waals surface area contributed by atoms with Gasteiger partial charge in [0.25, 0.3) is 10.0 Å². The highest BCUT2D eigenvalue weighted by molar-refractivity contribution is 14.1. The van der Waals surface area contributed by atoms with Crippen molar-refractivity contribution in [1.82, 2.24) is 0 Å². The fourth-order valence-corrected chi connectivity index (χ4v) is 4.54. The molecule has 0 heterocycles. The quantitative estimate of drug-likeness (QED) is 0.718. The number of halogens is 1. The lowest BCUT2D eigenvalue weighted by molar-refractivity contribution is -0.137. The van der Waals surface area contributed by atoms with E-state index in [1.807, 2.05) is 29.5 Å². The van der Waals surface area contributed by atoms with Gasteiger partial charge >= 0.3 is 5.97 Å². The molecule has 1 N–H and O–H groups in total. The molecule has 2 aromatic rings. The van der Waals surface area contributed by atoms with Gasteiger partial charge in [-0.25, -0.2) is 13.2 Å². The van der Waals surface area contributed by atoms with Gasteiger partial charge in [-0.05, 0) is 60.7 Å². The molecule has 1 unspecified atom stereocenters. The normalized spacial score (nSPS) is 12.7. The van der Waals surface area contributed by atoms with Gasteiger partial charge in [0, 0.05) is 3.57 Å². The molecule has 7 heteroatoms. The SMILES string of the molecule is Cc1ccc(S(=O)(=O)N(c2ccccc2I)C(C)C(=O)O)cc1. The first-order chi connectivity index (χ1) is 10.7. The summed E-state index contributed by atoms with van der Waals surface area (Å²) in [5, 5.41) is 9.35. The van der Waals surface area contributed by atoms with Crippen LogP contribution in [-0.2, 0) is 14.8 Å². The van der Waals surface area contributed by atoms with Crippen molar-refractivity contribution in [2.24, 2.45) is 0 Å². The number of para-hydroxylation sites is 1. The van der Waals surface area contributed by atoms with E-state index in [2.05, 4.69) is 0 Å². The van der Waals surface area contributed by atoms with E-state index in [9.17, 15) is 18.3 Å². The Kier molecular flexibility index (Phi) is 5.30. The van der Waals surface area contributed by atoms with Crippen LogP contribution in [0, 0.1) is 10.5 Å². The number of aliphatic carboxylic acids is 1. The maximum absolute atomic E-state index is 13.0. The van der Waals surface area contributed by atoms with Crippen LogP contribution >= 0.6 is 22.6 Å². The molecule has 122 valence electrons. The van der Waals surface area contributed by atoms with E-state index >= 15 is 0 Å². The highest BCUT2D eigenvalue weighted by Crippen LogP contribution is 2.30. The van der Waals surface area contributed by atoms with E-state index in [0.29, 0.717) is 9.26 Å². The molecule has 2 rings (SSSR count). The fraction of sp³-hybridized carbons (Fsp3) is 0.188. The topological polar surface area (TPSA) is 74.7 Å². The highest BCUT2D eigenvalue weighted by Gasteiger charge is 2.34. The zero-order chi connectivity index (χ0) is 17.2. The molecule has 0 radical (unpaired) electrons. The van der Waals surface area contributed by atoms with Crippen molar-refractivity contribution in [3.05, 3.63) is 57.7 Å². The average Bonchev–Trinajstić information content (AvgIpc) is 2.49. The van der Waals surface area contributed by atoms with Gasteiger partial charge in [-0.15, -0.1) is 0 Å². The molecule has 23 heavy (non-hydrogen) atoms. The number of anilines is 1. The van der Waals surface area contributed by atoms with Gasteiger partial charge < -0.3 is 5.11 Å². The van der Waals surface area contributed by atoms with Crippen LogP contribution in [0.2, 0.25) is 0 Å². The second kappa shape index (κ2) is 6.88. The van der Waals surface area contributed by atoms with Crippen molar-refractivity contribution >= 4 is 44.3 Å². The van der Waals surface area contributed by atoms with E-state index in [1.54, 1.807) is 36.4 Å². The van der Waals surface area contributed by atoms with Crippen molar-refractivity contribution in [2.45, 2.75) is 24.8 Å². The van der Waals surface area contributed by atoms with Gasteiger partial charge in [0.05, 0.1) is 10.6 Å². The largest absolute Gasteiger partial charge is 0.480 e. The van der Waals surface area contributed by atoms with Crippen molar-refractivity contribution in [1.29, 1.82) is 0 Å². The second-order valence-corrected chi connectivity index (χ2v) is 8.06. The van der Waals surface area contributed by atoms with Crippen molar-refractivity contribution in [3.8, 4) is 0 Å². The Balaban J connectivity index is 2.64. The Morgan fingerprint density at radius 2 is 1.70 bits per heavy atom. The first kappa shape index (κ1) is 17.7. The number of carbonyl (C=O) groups is 1. The van der Waals surface area contributed by atoms with Gasteiger partial charge in [0.2, 0.25) is 0 Å². The molecule has 5 nitrogen and oxygen atoms in total. The molecule has 0 amide bonds. The molecular weight excluding hydrogens is 429 g/mol. The van der Waals surface area contributed by atoms with Crippen molar-refractivity contribution < 1.29 is 18.3 Å². The number of benzene rings is 2. The average molecular weight is 445 g/mol. The third-order valence-corrected chi connectivity index (χ3v) is 6.19. The summed E-state index contributed by atoms with van der Waals surface area (Å²) in [6.07, 6.45) is 0. The molecule has 0 fully saturated rings. The Morgan fingerprint density at radius 3 is 2.22 bits per heavy atom. The molecule has 0 aliphatic rings. The molecular formula is C16H16INO4S. The molecule has 0 aliphatic heterocycles. The van der Waals surface area contributed by atoms with E-state index < -0.39 is 22.0 Å². The summed E-state index contributed by atoms with van der Waals surface area (Å²) < 4.78 is 27.6. The maximum atomic E-state index is 13.0. The third kappa shape index (κ3) is 3.66. The molecule has 0 aromatic heterocycles. The summed E-state index contributed by atoms with van der Waals surface area (Å²) in [5.41, 5.74) is 1.28. The van der Waals surface area contributed by atoms with Crippen LogP contribution in [0.15, 0.2) is 53.4 Å². The number of hydrogen-bond donors (Lipinski definition) is 1. The first-order valence-electron chi connectivity index (χ1n) is 6.83. The molecule has 0 saturated carbocycles. The molecule has 0 spiro atoms. The number of hydrogen-bond acceptors (Lipinski definition) is 3. The summed E-state index contributed by atoms with van der Waals surface area (Å²) in [6, 6.07) is 11.9. The second-order valence-electron chi connectivity index (χ2n) is 5.08. The van der Waals surface area contributed by atoms with E-state index in [0.717, 1.165) is 9.87 Å². The van der Waals surface area contributed by atoms with Crippen LogP contribution < -0.4 is 4.31 Å². The zero-order valence-electron chi connectivity index (χ0n) is 12.6. The van der Waals surface area contributed by atoms with Crippen LogP contribution in [0.1, 0.15) is 12.5 Å². The van der Waals surface area contributed by atoms with Crippen molar-refractivity contribution in [2.75, 3.05) is 4.31 Å².